The highest BCUT2D eigenvalue weighted by Gasteiger charge is 2.00. The van der Waals surface area contributed by atoms with Gasteiger partial charge in [0.1, 0.15) is 5.78 Å². The predicted octanol–water partition coefficient (Wildman–Crippen LogP) is 21.1. The second-order valence-electron chi connectivity index (χ2n) is 12.8. The Hall–Kier alpha value is -1.67. The third-order valence-corrected chi connectivity index (χ3v) is 6.09. The Kier molecular flexibility index (Phi) is 454. The molecule has 7 N–H and O–H groups in total. The molecule has 0 saturated heterocycles. The molecule has 0 fully saturated rings. The second-order valence-corrected chi connectivity index (χ2v) is 12.8. The van der Waals surface area contributed by atoms with E-state index in [0.29, 0.717) is 18.6 Å². The number of carbonyl (C=O) groups excluding carboxylic acids is 3. The van der Waals surface area contributed by atoms with Crippen LogP contribution >= 0.6 is 0 Å². The number of ketones is 1. The summed E-state index contributed by atoms with van der Waals surface area (Å²) in [6.07, 6.45) is 24.3. The van der Waals surface area contributed by atoms with E-state index in [-0.39, 0.29) is 65.1 Å². The first-order chi connectivity index (χ1) is 30.2. The largest absolute Gasteiger partial charge is 0.412 e. The summed E-state index contributed by atoms with van der Waals surface area (Å²) in [6.45, 7) is 53.9. The van der Waals surface area contributed by atoms with Crippen LogP contribution in [0.5, 0.6) is 0 Å². The van der Waals surface area contributed by atoms with Gasteiger partial charge in [-0.2, -0.15) is 9.59 Å². The standard InChI is InChI=1S/3C5H12O2.C5H10O.3C5H12.4C3H8.2C2H6.CO2.4CH4.O2.2H2O/c3*1-3-5(4-2)7-6;1-3-5(6)4-2;3*1-3-5-4-2;4*1-3-2;2*1-2;2-1-3;;;;;1-2;;/h3*5-6H,3-4H2,1-2H3;3-4H2,1-2H3;3*3-5H2,1-2H3;4*3H2,1-2H3;2*1-2H3;;4*1H4;;2*1H2. The summed E-state index contributed by atoms with van der Waals surface area (Å²) < 4.78 is 0. The van der Waals surface area contributed by atoms with Crippen molar-refractivity contribution in [3.05, 3.63) is 9.93 Å². The first-order valence-corrected chi connectivity index (χ1v) is 25.7. The van der Waals surface area contributed by atoms with E-state index >= 15 is 0 Å². The molecule has 0 atom stereocenters. The van der Waals surface area contributed by atoms with E-state index in [4.69, 9.17) is 35.3 Å². The summed E-state index contributed by atoms with van der Waals surface area (Å²) in [7, 11) is 0. The van der Waals surface area contributed by atoms with Crippen molar-refractivity contribution in [2.45, 2.75) is 363 Å². The van der Waals surface area contributed by atoms with Crippen LogP contribution in [0.1, 0.15) is 345 Å². The second kappa shape index (κ2) is 227. The number of unbranched alkanes of at least 4 members (excludes halogenated alkanes) is 6. The molecule has 448 valence electrons. The van der Waals surface area contributed by atoms with Gasteiger partial charge in [0.05, 0.1) is 18.3 Å². The van der Waals surface area contributed by atoms with Gasteiger partial charge in [-0.1, -0.05) is 293 Å². The van der Waals surface area contributed by atoms with Gasteiger partial charge in [0, 0.05) is 22.8 Å². The maximum absolute atomic E-state index is 10.2. The van der Waals surface area contributed by atoms with Gasteiger partial charge < -0.3 is 11.0 Å². The highest BCUT2D eigenvalue weighted by atomic mass is 17.1. The molecule has 0 aliphatic carbocycles. The van der Waals surface area contributed by atoms with Gasteiger partial charge in [-0.05, 0) is 38.5 Å². The van der Waals surface area contributed by atoms with E-state index in [0.717, 1.165) is 38.5 Å². The SMILES string of the molecule is C.C.C.C.CC.CC.CCC.CCC.CCC.CCC.CCC(=O)CC.CCC(CC)OO.CCC(CC)OO.CCC(CC)OO.CCCCC.CCCCC.CCCCC.O.O.O=C=O.O=O. The molecule has 13 nitrogen and oxygen atoms in total. The van der Waals surface area contributed by atoms with Gasteiger partial charge in [0.25, 0.3) is 0 Å². The van der Waals surface area contributed by atoms with Crippen LogP contribution in [0.3, 0.4) is 0 Å². The molecule has 13 heteroatoms. The van der Waals surface area contributed by atoms with Crippen LogP contribution in [-0.4, -0.2) is 57.0 Å². The lowest BCUT2D eigenvalue weighted by Crippen LogP contribution is -2.05. The Labute approximate surface area is 439 Å². The Morgan fingerprint density at radius 3 is 0.464 bits per heavy atom. The maximum Gasteiger partial charge on any atom is 0.373 e. The van der Waals surface area contributed by atoms with Crippen molar-refractivity contribution in [3.8, 4) is 0 Å². The van der Waals surface area contributed by atoms with Gasteiger partial charge in [-0.15, -0.1) is 0 Å². The van der Waals surface area contributed by atoms with E-state index in [2.05, 4.69) is 112 Å². The van der Waals surface area contributed by atoms with E-state index in [1.54, 1.807) is 0 Å². The minimum atomic E-state index is 0. The van der Waals surface area contributed by atoms with Crippen molar-refractivity contribution < 1.29 is 55.8 Å². The van der Waals surface area contributed by atoms with E-state index in [9.17, 15) is 4.79 Å². The van der Waals surface area contributed by atoms with Crippen molar-refractivity contribution >= 4 is 11.9 Å². The molecular formula is C56H146O13. The molecule has 0 bridgehead atoms. The average molecular weight is 1030 g/mol. The van der Waals surface area contributed by atoms with Gasteiger partial charge in [-0.25, -0.2) is 14.7 Å². The molecule has 0 aliphatic heterocycles. The zero-order valence-corrected chi connectivity index (χ0v) is 49.2. The summed E-state index contributed by atoms with van der Waals surface area (Å²) in [5.41, 5.74) is 0. The summed E-state index contributed by atoms with van der Waals surface area (Å²) in [4.78, 5) is 52.6. The van der Waals surface area contributed by atoms with Gasteiger partial charge in [0.15, 0.2) is 0 Å². The van der Waals surface area contributed by atoms with Gasteiger partial charge in [0.2, 0.25) is 0 Å². The molecular weight excluding hydrogens is 881 g/mol. The maximum atomic E-state index is 10.2. The topological polar surface area (TPSA) is 237 Å². The van der Waals surface area contributed by atoms with Gasteiger partial charge >= 0.3 is 6.15 Å². The van der Waals surface area contributed by atoms with Crippen LogP contribution < -0.4 is 0 Å². The Balaban J connectivity index is -0.0000000190. The highest BCUT2D eigenvalue weighted by Crippen LogP contribution is 1.99. The molecule has 0 amide bonds. The molecule has 69 heavy (non-hydrogen) atoms. The predicted molar refractivity (Wildman–Crippen MR) is 318 cm³/mol. The lowest BCUT2D eigenvalue weighted by Gasteiger charge is -2.04. The Bertz CT molecular complexity index is 451. The number of rotatable bonds is 17. The molecule has 0 heterocycles. The molecule has 0 spiro atoms. The molecule has 0 radical (unpaired) electrons. The third-order valence-electron chi connectivity index (χ3n) is 6.09. The normalized spacial score (nSPS) is 7.07. The fourth-order valence-corrected chi connectivity index (χ4v) is 2.62. The molecule has 0 aromatic carbocycles. The minimum Gasteiger partial charge on any atom is -0.412 e. The minimum absolute atomic E-state index is 0. The number of Topliss-reactive ketones (excluding diaryl/α,β-unsaturated/α-hetero) is 1. The van der Waals surface area contributed by atoms with Crippen molar-refractivity contribution in [1.29, 1.82) is 0 Å². The van der Waals surface area contributed by atoms with E-state index in [1.807, 2.05) is 83.1 Å². The number of hydrogen-bond acceptors (Lipinski definition) is 11. The van der Waals surface area contributed by atoms with Crippen LogP contribution in [0.15, 0.2) is 0 Å². The third kappa shape index (κ3) is 396. The fourth-order valence-electron chi connectivity index (χ4n) is 2.62. The first-order valence-electron chi connectivity index (χ1n) is 25.7. The molecule has 0 aliphatic rings. The van der Waals surface area contributed by atoms with Crippen LogP contribution in [-0.2, 0) is 29.0 Å². The zero-order valence-electron chi connectivity index (χ0n) is 49.2. The molecule has 0 aromatic rings. The van der Waals surface area contributed by atoms with Crippen molar-refractivity contribution in [1.82, 2.24) is 0 Å². The Morgan fingerprint density at radius 1 is 0.362 bits per heavy atom. The lowest BCUT2D eigenvalue weighted by molar-refractivity contribution is -0.279. The van der Waals surface area contributed by atoms with Crippen LogP contribution in [0, 0.1) is 9.93 Å². The quantitative estimate of drug-likeness (QED) is 0.0915. The molecule has 0 rings (SSSR count). The Morgan fingerprint density at radius 2 is 0.464 bits per heavy atom. The van der Waals surface area contributed by atoms with E-state index in [1.165, 1.54) is 83.5 Å². The zero-order chi connectivity index (χ0) is 54.0. The smallest absolute Gasteiger partial charge is 0.373 e. The van der Waals surface area contributed by atoms with E-state index < -0.39 is 0 Å². The number of hydrogen-bond donors (Lipinski definition) is 3. The summed E-state index contributed by atoms with van der Waals surface area (Å²) in [5, 5.41) is 24.1. The lowest BCUT2D eigenvalue weighted by atomic mass is 10.2. The van der Waals surface area contributed by atoms with Crippen molar-refractivity contribution in [3.63, 3.8) is 0 Å². The average Bonchev–Trinajstić information content (AvgIpc) is 3.31. The number of carbonyl (C=O) groups is 1. The van der Waals surface area contributed by atoms with Gasteiger partial charge in [-0.3, -0.25) is 20.6 Å². The van der Waals surface area contributed by atoms with Crippen LogP contribution in [0.4, 0.5) is 0 Å². The molecule has 0 aromatic heterocycles. The van der Waals surface area contributed by atoms with Crippen LogP contribution in [0.25, 0.3) is 0 Å². The van der Waals surface area contributed by atoms with Crippen molar-refractivity contribution in [2.75, 3.05) is 0 Å². The summed E-state index contributed by atoms with van der Waals surface area (Å²) >= 11 is 0. The van der Waals surface area contributed by atoms with Crippen molar-refractivity contribution in [2.24, 2.45) is 0 Å². The molecule has 0 unspecified atom stereocenters. The highest BCUT2D eigenvalue weighted by molar-refractivity contribution is 5.77. The first kappa shape index (κ1) is 138. The molecule has 0 saturated carbocycles. The fraction of sp³-hybridized carbons (Fsp3) is 0.964. The monoisotopic (exact) mass is 1030 g/mol. The summed E-state index contributed by atoms with van der Waals surface area (Å²) in [6, 6.07) is 0. The summed E-state index contributed by atoms with van der Waals surface area (Å²) in [5.74, 6) is 0.343. The van der Waals surface area contributed by atoms with Crippen LogP contribution in [0.2, 0.25) is 0 Å².